The van der Waals surface area contributed by atoms with Crippen molar-refractivity contribution in [2.24, 2.45) is 0 Å². The molecular weight excluding hydrogens is 340 g/mol. The van der Waals surface area contributed by atoms with E-state index in [0.29, 0.717) is 18.7 Å². The molecule has 0 saturated carbocycles. The molecule has 0 spiro atoms. The van der Waals surface area contributed by atoms with Crippen molar-refractivity contribution in [3.05, 3.63) is 54.1 Å². The Morgan fingerprint density at radius 2 is 1.96 bits per heavy atom. The molecule has 6 nitrogen and oxygen atoms in total. The van der Waals surface area contributed by atoms with Gasteiger partial charge in [0.15, 0.2) is 0 Å². The fraction of sp³-hybridized carbons (Fsp3) is 0.278. The number of para-hydroxylation sites is 1. The Labute approximate surface area is 147 Å². The molecular formula is C18H20N2O4S. The topological polar surface area (TPSA) is 75.7 Å². The lowest BCUT2D eigenvalue weighted by atomic mass is 10.2. The maximum absolute atomic E-state index is 12.4. The number of hydrogen-bond donors (Lipinski definition) is 1. The van der Waals surface area contributed by atoms with Crippen molar-refractivity contribution in [2.45, 2.75) is 18.2 Å². The van der Waals surface area contributed by atoms with Crippen molar-refractivity contribution >= 4 is 21.6 Å². The third-order valence-corrected chi connectivity index (χ3v) is 5.50. The summed E-state index contributed by atoms with van der Waals surface area (Å²) < 4.78 is 32.8. The first-order valence-corrected chi connectivity index (χ1v) is 9.54. The van der Waals surface area contributed by atoms with E-state index >= 15 is 0 Å². The van der Waals surface area contributed by atoms with Gasteiger partial charge < -0.3 is 9.64 Å². The summed E-state index contributed by atoms with van der Waals surface area (Å²) in [5.74, 6) is 0.661. The highest BCUT2D eigenvalue weighted by molar-refractivity contribution is 7.89. The maximum atomic E-state index is 12.4. The normalized spacial score (nSPS) is 13.6. The predicted molar refractivity (Wildman–Crippen MR) is 95.3 cm³/mol. The van der Waals surface area contributed by atoms with Gasteiger partial charge in [-0.15, -0.1) is 0 Å². The van der Waals surface area contributed by atoms with Gasteiger partial charge in [0.25, 0.3) is 0 Å². The third-order valence-electron chi connectivity index (χ3n) is 4.04. The van der Waals surface area contributed by atoms with Gasteiger partial charge >= 0.3 is 0 Å². The zero-order valence-electron chi connectivity index (χ0n) is 13.9. The minimum Gasteiger partial charge on any atom is -0.492 e. The van der Waals surface area contributed by atoms with Crippen LogP contribution in [0.1, 0.15) is 12.5 Å². The maximum Gasteiger partial charge on any atom is 0.240 e. The van der Waals surface area contributed by atoms with Gasteiger partial charge in [-0.2, -0.15) is 0 Å². The van der Waals surface area contributed by atoms with Crippen molar-refractivity contribution < 1.29 is 17.9 Å². The number of carbonyl (C=O) groups is 1. The summed E-state index contributed by atoms with van der Waals surface area (Å²) >= 11 is 0. The molecule has 0 aliphatic carbocycles. The summed E-state index contributed by atoms with van der Waals surface area (Å²) in [4.78, 5) is 13.4. The van der Waals surface area contributed by atoms with E-state index in [4.69, 9.17) is 4.74 Å². The molecule has 132 valence electrons. The largest absolute Gasteiger partial charge is 0.492 e. The lowest BCUT2D eigenvalue weighted by Crippen LogP contribution is -2.28. The fourth-order valence-electron chi connectivity index (χ4n) is 2.82. The van der Waals surface area contributed by atoms with E-state index in [1.54, 1.807) is 17.0 Å². The van der Waals surface area contributed by atoms with Crippen LogP contribution < -0.4 is 14.4 Å². The van der Waals surface area contributed by atoms with Gasteiger partial charge in [0, 0.05) is 25.7 Å². The summed E-state index contributed by atoms with van der Waals surface area (Å²) in [5, 5.41) is 0. The van der Waals surface area contributed by atoms with E-state index in [0.717, 1.165) is 11.3 Å². The van der Waals surface area contributed by atoms with E-state index < -0.39 is 10.0 Å². The molecule has 2 aromatic carbocycles. The number of benzene rings is 2. The molecule has 0 unspecified atom stereocenters. The van der Waals surface area contributed by atoms with Crippen LogP contribution in [-0.4, -0.2) is 34.0 Å². The number of carbonyl (C=O) groups excluding carboxylic acids is 1. The number of nitrogens with zero attached hydrogens (tertiary/aromatic N) is 1. The van der Waals surface area contributed by atoms with Crippen LogP contribution in [0, 0.1) is 0 Å². The SMILES string of the molecule is CC(=O)N1CCc2cc(S(=O)(=O)NCCOc3ccccc3)ccc21. The van der Waals surface area contributed by atoms with Crippen LogP contribution in [0.25, 0.3) is 0 Å². The fourth-order valence-corrected chi connectivity index (χ4v) is 3.88. The first-order chi connectivity index (χ1) is 12.0. The second-order valence-corrected chi connectivity index (χ2v) is 7.54. The predicted octanol–water partition coefficient (Wildman–Crippen LogP) is 1.95. The summed E-state index contributed by atoms with van der Waals surface area (Å²) in [5.41, 5.74) is 1.66. The van der Waals surface area contributed by atoms with Gasteiger partial charge in [0.1, 0.15) is 12.4 Å². The monoisotopic (exact) mass is 360 g/mol. The van der Waals surface area contributed by atoms with E-state index in [1.807, 2.05) is 30.3 Å². The minimum atomic E-state index is -3.61. The Hall–Kier alpha value is -2.38. The van der Waals surface area contributed by atoms with Crippen LogP contribution in [0.5, 0.6) is 5.75 Å². The molecule has 1 amide bonds. The molecule has 0 fully saturated rings. The molecule has 0 radical (unpaired) electrons. The molecule has 7 heteroatoms. The number of hydrogen-bond acceptors (Lipinski definition) is 4. The lowest BCUT2D eigenvalue weighted by molar-refractivity contribution is -0.116. The Kier molecular flexibility index (Phi) is 5.06. The average Bonchev–Trinajstić information content (AvgIpc) is 3.03. The van der Waals surface area contributed by atoms with Crippen molar-refractivity contribution in [3.63, 3.8) is 0 Å². The molecule has 0 bridgehead atoms. The van der Waals surface area contributed by atoms with Crippen molar-refractivity contribution in [1.82, 2.24) is 4.72 Å². The van der Waals surface area contributed by atoms with Crippen molar-refractivity contribution in [3.8, 4) is 5.75 Å². The standard InChI is InChI=1S/C18H20N2O4S/c1-14(21)20-11-9-15-13-17(7-8-18(15)20)25(22,23)19-10-12-24-16-5-3-2-4-6-16/h2-8,13,19H,9-12H2,1H3. The zero-order valence-corrected chi connectivity index (χ0v) is 14.8. The third kappa shape index (κ3) is 4.00. The number of sulfonamides is 1. The van der Waals surface area contributed by atoms with Crippen molar-refractivity contribution in [1.29, 1.82) is 0 Å². The molecule has 0 saturated heterocycles. The molecule has 1 aliphatic heterocycles. The molecule has 3 rings (SSSR count). The highest BCUT2D eigenvalue weighted by atomic mass is 32.2. The van der Waals surface area contributed by atoms with E-state index in [2.05, 4.69) is 4.72 Å². The van der Waals surface area contributed by atoms with Crippen LogP contribution in [0.2, 0.25) is 0 Å². The van der Waals surface area contributed by atoms with Crippen LogP contribution in [0.15, 0.2) is 53.4 Å². The summed E-state index contributed by atoms with van der Waals surface area (Å²) in [6.07, 6.45) is 0.662. The van der Waals surface area contributed by atoms with E-state index in [9.17, 15) is 13.2 Å². The minimum absolute atomic E-state index is 0.0365. The van der Waals surface area contributed by atoms with Crippen molar-refractivity contribution in [2.75, 3.05) is 24.6 Å². The van der Waals surface area contributed by atoms with E-state index in [1.165, 1.54) is 13.0 Å². The van der Waals surface area contributed by atoms with Crippen LogP contribution in [-0.2, 0) is 21.2 Å². The Morgan fingerprint density at radius 1 is 1.20 bits per heavy atom. The molecule has 0 atom stereocenters. The van der Waals surface area contributed by atoms with Gasteiger partial charge in [-0.1, -0.05) is 18.2 Å². The van der Waals surface area contributed by atoms with Gasteiger partial charge in [0.05, 0.1) is 4.90 Å². The quantitative estimate of drug-likeness (QED) is 0.799. The van der Waals surface area contributed by atoms with Gasteiger partial charge in [0.2, 0.25) is 15.9 Å². The molecule has 0 aromatic heterocycles. The number of ether oxygens (including phenoxy) is 1. The molecule has 2 aromatic rings. The summed E-state index contributed by atoms with van der Waals surface area (Å²) in [6.45, 7) is 2.51. The van der Waals surface area contributed by atoms with E-state index in [-0.39, 0.29) is 24.0 Å². The summed E-state index contributed by atoms with van der Waals surface area (Å²) in [6, 6.07) is 14.1. The zero-order chi connectivity index (χ0) is 17.9. The first-order valence-electron chi connectivity index (χ1n) is 8.06. The number of fused-ring (bicyclic) bond motifs is 1. The Morgan fingerprint density at radius 3 is 2.68 bits per heavy atom. The van der Waals surface area contributed by atoms with Gasteiger partial charge in [-0.3, -0.25) is 4.79 Å². The molecule has 1 heterocycles. The average molecular weight is 360 g/mol. The second-order valence-electron chi connectivity index (χ2n) is 5.77. The highest BCUT2D eigenvalue weighted by Gasteiger charge is 2.24. The summed E-state index contributed by atoms with van der Waals surface area (Å²) in [7, 11) is -3.61. The second kappa shape index (κ2) is 7.25. The number of anilines is 1. The molecule has 1 aliphatic rings. The lowest BCUT2D eigenvalue weighted by Gasteiger charge is -2.15. The number of amides is 1. The van der Waals surface area contributed by atoms with Crippen LogP contribution >= 0.6 is 0 Å². The van der Waals surface area contributed by atoms with Gasteiger partial charge in [-0.25, -0.2) is 13.1 Å². The highest BCUT2D eigenvalue weighted by Crippen LogP contribution is 2.30. The van der Waals surface area contributed by atoms with Gasteiger partial charge in [-0.05, 0) is 42.3 Å². The molecule has 1 N–H and O–H groups in total. The first kappa shape index (κ1) is 17.4. The Bertz CT molecular complexity index is 866. The van der Waals surface area contributed by atoms with Crippen LogP contribution in [0.3, 0.4) is 0 Å². The smallest absolute Gasteiger partial charge is 0.240 e. The van der Waals surface area contributed by atoms with Crippen LogP contribution in [0.4, 0.5) is 5.69 Å². The number of rotatable bonds is 6. The number of nitrogens with one attached hydrogen (secondary N) is 1. The molecule has 25 heavy (non-hydrogen) atoms. The Balaban J connectivity index is 1.62.